The fourth-order valence-electron chi connectivity index (χ4n) is 1.73. The van der Waals surface area contributed by atoms with Crippen molar-refractivity contribution in [1.29, 1.82) is 0 Å². The minimum absolute atomic E-state index is 1.19. The molecule has 0 spiro atoms. The first-order valence-electron chi connectivity index (χ1n) is 4.19. The minimum atomic E-state index is 1.19. The van der Waals surface area contributed by atoms with Gasteiger partial charge in [-0.3, -0.25) is 0 Å². The van der Waals surface area contributed by atoms with Crippen molar-refractivity contribution in [2.75, 3.05) is 0 Å². The largest absolute Gasteiger partial charge is 0.136 e. The third kappa shape index (κ3) is 0.875. The van der Waals surface area contributed by atoms with Gasteiger partial charge in [0.15, 0.2) is 0 Å². The molecule has 0 atom stereocenters. The number of hydrogen-bond acceptors (Lipinski definition) is 1. The summed E-state index contributed by atoms with van der Waals surface area (Å²) in [5.74, 6) is 0. The molecule has 0 saturated carbocycles. The lowest BCUT2D eigenvalue weighted by atomic mass is 10.0. The molecule has 0 N–H and O–H groups in total. The Balaban J connectivity index is 2.67. The summed E-state index contributed by atoms with van der Waals surface area (Å²) in [5, 5.41) is 0. The predicted octanol–water partition coefficient (Wildman–Crippen LogP) is 3.46. The standard InChI is InChI=1S/C10H12S/c1-3-7-8(4-2)10-6-5-9(7)11-10/h5-6H,3-4H2,1-2H3. The molecule has 2 rings (SSSR count). The van der Waals surface area contributed by atoms with Crippen molar-refractivity contribution in [3.8, 4) is 0 Å². The Morgan fingerprint density at radius 1 is 1.00 bits per heavy atom. The van der Waals surface area contributed by atoms with Gasteiger partial charge in [-0.2, -0.15) is 0 Å². The number of fused-ring (bicyclic) bond motifs is 2. The Labute approximate surface area is 71.2 Å². The van der Waals surface area contributed by atoms with Crippen LogP contribution in [0.15, 0.2) is 12.1 Å². The van der Waals surface area contributed by atoms with Crippen molar-refractivity contribution in [1.82, 2.24) is 0 Å². The highest BCUT2D eigenvalue weighted by Gasteiger charge is 2.10. The van der Waals surface area contributed by atoms with E-state index in [0.717, 1.165) is 0 Å². The maximum absolute atomic E-state index is 2.25. The molecule has 0 saturated heterocycles. The average molecular weight is 164 g/mol. The van der Waals surface area contributed by atoms with E-state index in [4.69, 9.17) is 0 Å². The van der Waals surface area contributed by atoms with Crippen LogP contribution < -0.4 is 0 Å². The molecule has 2 heterocycles. The number of aryl methyl sites for hydroxylation is 2. The number of thiophene rings is 2. The van der Waals surface area contributed by atoms with Crippen LogP contribution in [0.25, 0.3) is 9.40 Å². The average Bonchev–Trinajstić information content (AvgIpc) is 2.60. The fraction of sp³-hybridized carbons (Fsp3) is 0.400. The quantitative estimate of drug-likeness (QED) is 0.637. The molecular formula is C10H12S. The Kier molecular flexibility index (Phi) is 1.61. The van der Waals surface area contributed by atoms with E-state index in [1.165, 1.54) is 22.2 Å². The molecule has 1 heteroatoms. The molecule has 0 nitrogen and oxygen atoms in total. The van der Waals surface area contributed by atoms with E-state index in [9.17, 15) is 0 Å². The van der Waals surface area contributed by atoms with Crippen LogP contribution in [0.1, 0.15) is 25.0 Å². The minimum Gasteiger partial charge on any atom is -0.136 e. The molecular weight excluding hydrogens is 152 g/mol. The lowest BCUT2D eigenvalue weighted by molar-refractivity contribution is 1.07. The molecule has 0 aromatic carbocycles. The first kappa shape index (κ1) is 7.11. The second-order valence-electron chi connectivity index (χ2n) is 2.83. The van der Waals surface area contributed by atoms with Crippen molar-refractivity contribution in [3.63, 3.8) is 0 Å². The molecule has 2 bridgehead atoms. The van der Waals surface area contributed by atoms with Gasteiger partial charge in [0.05, 0.1) is 0 Å². The molecule has 0 amide bonds. The summed E-state index contributed by atoms with van der Waals surface area (Å²) in [6, 6.07) is 4.50. The Bertz CT molecular complexity index is 313. The SMILES string of the molecule is CCc1c(CC)c2ccc1s2. The second-order valence-corrected chi connectivity index (χ2v) is 3.91. The first-order valence-corrected chi connectivity index (χ1v) is 5.01. The molecule has 0 unspecified atom stereocenters. The molecule has 0 aliphatic heterocycles. The molecule has 0 fully saturated rings. The lowest BCUT2D eigenvalue weighted by Gasteiger charge is -1.99. The summed E-state index contributed by atoms with van der Waals surface area (Å²) in [6.07, 6.45) is 2.39. The molecule has 2 aromatic rings. The van der Waals surface area contributed by atoms with Crippen LogP contribution in [0, 0.1) is 0 Å². The van der Waals surface area contributed by atoms with Crippen molar-refractivity contribution < 1.29 is 0 Å². The lowest BCUT2D eigenvalue weighted by Crippen LogP contribution is -1.86. The highest BCUT2D eigenvalue weighted by Crippen LogP contribution is 2.34. The van der Waals surface area contributed by atoms with E-state index in [1.54, 1.807) is 11.1 Å². The zero-order valence-corrected chi connectivity index (χ0v) is 7.79. The van der Waals surface area contributed by atoms with Crippen LogP contribution in [0.5, 0.6) is 0 Å². The Hall–Kier alpha value is -0.560. The molecule has 2 aromatic heterocycles. The van der Waals surface area contributed by atoms with Gasteiger partial charge in [0.25, 0.3) is 0 Å². The zero-order chi connectivity index (χ0) is 7.84. The van der Waals surface area contributed by atoms with Crippen molar-refractivity contribution in [2.24, 2.45) is 0 Å². The summed E-state index contributed by atoms with van der Waals surface area (Å²) in [6.45, 7) is 4.49. The molecule has 58 valence electrons. The topological polar surface area (TPSA) is 0 Å². The van der Waals surface area contributed by atoms with E-state index >= 15 is 0 Å². The molecule has 11 heavy (non-hydrogen) atoms. The van der Waals surface area contributed by atoms with Crippen molar-refractivity contribution in [2.45, 2.75) is 26.7 Å². The van der Waals surface area contributed by atoms with Crippen LogP contribution in [0.4, 0.5) is 0 Å². The van der Waals surface area contributed by atoms with Gasteiger partial charge in [0.2, 0.25) is 0 Å². The van der Waals surface area contributed by atoms with Gasteiger partial charge >= 0.3 is 0 Å². The summed E-state index contributed by atoms with van der Waals surface area (Å²) >= 11 is 1.94. The van der Waals surface area contributed by atoms with Gasteiger partial charge in [-0.15, -0.1) is 11.3 Å². The van der Waals surface area contributed by atoms with Gasteiger partial charge in [0, 0.05) is 9.40 Å². The summed E-state index contributed by atoms with van der Waals surface area (Å²) in [5.41, 5.74) is 3.19. The molecule has 0 aliphatic carbocycles. The maximum Gasteiger partial charge on any atom is 0.0311 e. The van der Waals surface area contributed by atoms with E-state index < -0.39 is 0 Å². The van der Waals surface area contributed by atoms with Crippen molar-refractivity contribution in [3.05, 3.63) is 23.3 Å². The Morgan fingerprint density at radius 2 is 1.45 bits per heavy atom. The number of benzene rings is 1. The number of hydrogen-bond donors (Lipinski definition) is 0. The van der Waals surface area contributed by atoms with E-state index in [0.29, 0.717) is 0 Å². The highest BCUT2D eigenvalue weighted by atomic mass is 32.1. The van der Waals surface area contributed by atoms with Gasteiger partial charge in [0.1, 0.15) is 0 Å². The summed E-state index contributed by atoms with van der Waals surface area (Å²) < 4.78 is 3.00. The fourth-order valence-corrected chi connectivity index (χ4v) is 3.03. The zero-order valence-electron chi connectivity index (χ0n) is 6.98. The third-order valence-electron chi connectivity index (χ3n) is 2.27. The van der Waals surface area contributed by atoms with Crippen LogP contribution in [0.3, 0.4) is 0 Å². The number of rotatable bonds is 2. The normalized spacial score (nSPS) is 11.5. The highest BCUT2D eigenvalue weighted by molar-refractivity contribution is 7.24. The third-order valence-corrected chi connectivity index (χ3v) is 3.48. The molecule has 0 radical (unpaired) electrons. The molecule has 0 aliphatic rings. The summed E-state index contributed by atoms with van der Waals surface area (Å²) in [7, 11) is 0. The van der Waals surface area contributed by atoms with Gasteiger partial charge in [-0.1, -0.05) is 13.8 Å². The predicted molar refractivity (Wildman–Crippen MR) is 51.8 cm³/mol. The van der Waals surface area contributed by atoms with Crippen LogP contribution >= 0.6 is 11.3 Å². The maximum atomic E-state index is 2.25. The summed E-state index contributed by atoms with van der Waals surface area (Å²) in [4.78, 5) is 0. The Morgan fingerprint density at radius 3 is 1.82 bits per heavy atom. The van der Waals surface area contributed by atoms with Crippen LogP contribution in [-0.4, -0.2) is 0 Å². The smallest absolute Gasteiger partial charge is 0.0311 e. The first-order chi connectivity index (χ1) is 5.36. The van der Waals surface area contributed by atoms with Crippen LogP contribution in [0.2, 0.25) is 0 Å². The monoisotopic (exact) mass is 164 g/mol. The van der Waals surface area contributed by atoms with Crippen LogP contribution in [-0.2, 0) is 12.8 Å². The van der Waals surface area contributed by atoms with E-state index in [-0.39, 0.29) is 0 Å². The van der Waals surface area contributed by atoms with Crippen molar-refractivity contribution >= 4 is 20.7 Å². The van der Waals surface area contributed by atoms with E-state index in [2.05, 4.69) is 26.0 Å². The second kappa shape index (κ2) is 2.49. The van der Waals surface area contributed by atoms with Gasteiger partial charge in [-0.25, -0.2) is 0 Å². The van der Waals surface area contributed by atoms with Gasteiger partial charge < -0.3 is 0 Å². The van der Waals surface area contributed by atoms with Gasteiger partial charge in [-0.05, 0) is 36.1 Å². The van der Waals surface area contributed by atoms with E-state index in [1.807, 2.05) is 11.3 Å².